The molecule has 84 valence electrons. The van der Waals surface area contributed by atoms with Gasteiger partial charge in [0.05, 0.1) is 13.2 Å². The molecule has 0 spiro atoms. The molecule has 0 aromatic rings. The minimum absolute atomic E-state index is 0.0770. The van der Waals surface area contributed by atoms with Crippen LogP contribution >= 0.6 is 0 Å². The van der Waals surface area contributed by atoms with Crippen LogP contribution in [0.25, 0.3) is 0 Å². The lowest BCUT2D eigenvalue weighted by atomic mass is 10.1. The van der Waals surface area contributed by atoms with Crippen molar-refractivity contribution in [3.05, 3.63) is 0 Å². The van der Waals surface area contributed by atoms with Crippen LogP contribution in [0.4, 0.5) is 0 Å². The van der Waals surface area contributed by atoms with E-state index in [4.69, 9.17) is 4.74 Å². The van der Waals surface area contributed by atoms with Gasteiger partial charge in [0.2, 0.25) is 11.8 Å². The van der Waals surface area contributed by atoms with E-state index in [0.29, 0.717) is 13.2 Å². The number of carbonyl (C=O) groups excluding carboxylic acids is 2. The molecular formula is C10H16N2O3. The summed E-state index contributed by atoms with van der Waals surface area (Å²) in [6, 6.07) is -0.192. The first-order chi connectivity index (χ1) is 7.24. The van der Waals surface area contributed by atoms with Crippen LogP contribution in [0, 0.1) is 0 Å². The summed E-state index contributed by atoms with van der Waals surface area (Å²) in [5.74, 6) is 0.164. The topological polar surface area (TPSA) is 49.9 Å². The van der Waals surface area contributed by atoms with Gasteiger partial charge >= 0.3 is 0 Å². The Morgan fingerprint density at radius 3 is 3.00 bits per heavy atom. The van der Waals surface area contributed by atoms with E-state index in [9.17, 15) is 9.59 Å². The average molecular weight is 212 g/mol. The van der Waals surface area contributed by atoms with Crippen LogP contribution < -0.4 is 0 Å². The third-order valence-corrected chi connectivity index (χ3v) is 3.06. The number of ether oxygens (including phenoxy) is 1. The molecule has 2 amide bonds. The zero-order valence-corrected chi connectivity index (χ0v) is 8.94. The highest BCUT2D eigenvalue weighted by atomic mass is 16.5. The second-order valence-electron chi connectivity index (χ2n) is 4.00. The van der Waals surface area contributed by atoms with Gasteiger partial charge in [0, 0.05) is 20.2 Å². The van der Waals surface area contributed by atoms with Crippen molar-refractivity contribution in [2.75, 3.05) is 33.4 Å². The number of amides is 2. The molecule has 0 radical (unpaired) electrons. The summed E-state index contributed by atoms with van der Waals surface area (Å²) in [6.07, 6.45) is 1.76. The smallest absolute Gasteiger partial charge is 0.245 e. The fraction of sp³-hybridized carbons (Fsp3) is 0.800. The molecular weight excluding hydrogens is 196 g/mol. The van der Waals surface area contributed by atoms with Crippen molar-refractivity contribution in [2.45, 2.75) is 18.9 Å². The lowest BCUT2D eigenvalue weighted by Crippen LogP contribution is -2.57. The fourth-order valence-electron chi connectivity index (χ4n) is 2.26. The van der Waals surface area contributed by atoms with E-state index in [2.05, 4.69) is 0 Å². The Kier molecular flexibility index (Phi) is 2.90. The monoisotopic (exact) mass is 212 g/mol. The van der Waals surface area contributed by atoms with Gasteiger partial charge in [0.1, 0.15) is 6.04 Å². The Morgan fingerprint density at radius 2 is 2.27 bits per heavy atom. The molecule has 5 nitrogen and oxygen atoms in total. The molecule has 5 heteroatoms. The summed E-state index contributed by atoms with van der Waals surface area (Å²) in [5, 5.41) is 0. The zero-order chi connectivity index (χ0) is 10.8. The van der Waals surface area contributed by atoms with E-state index in [1.807, 2.05) is 0 Å². The number of hydrogen-bond acceptors (Lipinski definition) is 3. The van der Waals surface area contributed by atoms with Gasteiger partial charge in [-0.05, 0) is 12.8 Å². The fourth-order valence-corrected chi connectivity index (χ4v) is 2.26. The number of carbonyl (C=O) groups is 2. The predicted molar refractivity (Wildman–Crippen MR) is 53.2 cm³/mol. The van der Waals surface area contributed by atoms with Crippen LogP contribution in [-0.2, 0) is 14.3 Å². The van der Waals surface area contributed by atoms with E-state index in [-0.39, 0.29) is 24.4 Å². The van der Waals surface area contributed by atoms with Gasteiger partial charge in [-0.3, -0.25) is 9.59 Å². The Bertz CT molecular complexity index is 280. The average Bonchev–Trinajstić information content (AvgIpc) is 2.70. The minimum atomic E-state index is -0.192. The number of nitrogens with zero attached hydrogens (tertiary/aromatic N) is 2. The van der Waals surface area contributed by atoms with Crippen molar-refractivity contribution in [2.24, 2.45) is 0 Å². The summed E-state index contributed by atoms with van der Waals surface area (Å²) in [4.78, 5) is 26.9. The lowest BCUT2D eigenvalue weighted by molar-refractivity contribution is -0.154. The largest absolute Gasteiger partial charge is 0.383 e. The number of methoxy groups -OCH3 is 1. The van der Waals surface area contributed by atoms with Crippen LogP contribution in [0.2, 0.25) is 0 Å². The second-order valence-corrected chi connectivity index (χ2v) is 4.00. The lowest BCUT2D eigenvalue weighted by Gasteiger charge is -2.36. The van der Waals surface area contributed by atoms with Crippen LogP contribution in [0.1, 0.15) is 12.8 Å². The quantitative estimate of drug-likeness (QED) is 0.631. The van der Waals surface area contributed by atoms with Gasteiger partial charge in [0.25, 0.3) is 0 Å². The molecule has 0 saturated carbocycles. The Morgan fingerprint density at radius 1 is 1.47 bits per heavy atom. The molecule has 15 heavy (non-hydrogen) atoms. The Labute approximate surface area is 89.0 Å². The molecule has 2 fully saturated rings. The van der Waals surface area contributed by atoms with Crippen LogP contribution in [-0.4, -0.2) is 61.0 Å². The zero-order valence-electron chi connectivity index (χ0n) is 8.94. The van der Waals surface area contributed by atoms with E-state index in [1.54, 1.807) is 16.9 Å². The van der Waals surface area contributed by atoms with E-state index in [1.165, 1.54) is 0 Å². The first-order valence-corrected chi connectivity index (χ1v) is 5.31. The molecule has 1 atom stereocenters. The molecule has 0 aromatic carbocycles. The van der Waals surface area contributed by atoms with Crippen molar-refractivity contribution in [1.82, 2.24) is 9.80 Å². The Balaban J connectivity index is 2.03. The molecule has 2 aliphatic heterocycles. The molecule has 0 aliphatic carbocycles. The summed E-state index contributed by atoms with van der Waals surface area (Å²) in [6.45, 7) is 1.98. The van der Waals surface area contributed by atoms with Crippen LogP contribution in [0.15, 0.2) is 0 Å². The molecule has 2 aliphatic rings. The highest BCUT2D eigenvalue weighted by Crippen LogP contribution is 2.23. The van der Waals surface area contributed by atoms with Gasteiger partial charge in [-0.25, -0.2) is 0 Å². The highest BCUT2D eigenvalue weighted by molar-refractivity contribution is 5.95. The van der Waals surface area contributed by atoms with Crippen molar-refractivity contribution in [3.8, 4) is 0 Å². The molecule has 2 rings (SSSR count). The third kappa shape index (κ3) is 1.84. The van der Waals surface area contributed by atoms with Gasteiger partial charge in [-0.15, -0.1) is 0 Å². The highest BCUT2D eigenvalue weighted by Gasteiger charge is 2.41. The van der Waals surface area contributed by atoms with Crippen molar-refractivity contribution < 1.29 is 14.3 Å². The van der Waals surface area contributed by atoms with Gasteiger partial charge in [-0.1, -0.05) is 0 Å². The molecule has 0 N–H and O–H groups in total. The number of fused-ring (bicyclic) bond motifs is 1. The van der Waals surface area contributed by atoms with Crippen molar-refractivity contribution in [1.29, 1.82) is 0 Å². The van der Waals surface area contributed by atoms with Crippen LogP contribution in [0.3, 0.4) is 0 Å². The van der Waals surface area contributed by atoms with E-state index in [0.717, 1.165) is 19.4 Å². The summed E-state index contributed by atoms with van der Waals surface area (Å²) in [7, 11) is 1.60. The molecule has 0 bridgehead atoms. The summed E-state index contributed by atoms with van der Waals surface area (Å²) >= 11 is 0. The predicted octanol–water partition coefficient (Wildman–Crippen LogP) is -0.534. The summed E-state index contributed by atoms with van der Waals surface area (Å²) < 4.78 is 4.92. The maximum absolute atomic E-state index is 11.9. The van der Waals surface area contributed by atoms with E-state index < -0.39 is 0 Å². The SMILES string of the molecule is COCCN1CC(=O)N2CCCC2C1=O. The maximum Gasteiger partial charge on any atom is 0.245 e. The number of rotatable bonds is 3. The third-order valence-electron chi connectivity index (χ3n) is 3.06. The minimum Gasteiger partial charge on any atom is -0.383 e. The van der Waals surface area contributed by atoms with Crippen molar-refractivity contribution in [3.63, 3.8) is 0 Å². The molecule has 2 heterocycles. The normalized spacial score (nSPS) is 26.1. The number of piperazine rings is 1. The first-order valence-electron chi connectivity index (χ1n) is 5.31. The molecule has 2 saturated heterocycles. The van der Waals surface area contributed by atoms with Crippen LogP contribution in [0.5, 0.6) is 0 Å². The summed E-state index contributed by atoms with van der Waals surface area (Å²) in [5.41, 5.74) is 0. The first kappa shape index (κ1) is 10.4. The standard InChI is InChI=1S/C10H16N2O3/c1-15-6-5-11-7-9(13)12-4-2-3-8(12)10(11)14/h8H,2-7H2,1H3. The maximum atomic E-state index is 11.9. The van der Waals surface area contributed by atoms with Crippen molar-refractivity contribution >= 4 is 11.8 Å². The van der Waals surface area contributed by atoms with Gasteiger partial charge in [-0.2, -0.15) is 0 Å². The second kappa shape index (κ2) is 4.18. The Hall–Kier alpha value is -1.10. The molecule has 1 unspecified atom stereocenters. The number of hydrogen-bond donors (Lipinski definition) is 0. The van der Waals surface area contributed by atoms with E-state index >= 15 is 0 Å². The molecule has 0 aromatic heterocycles. The van der Waals surface area contributed by atoms with Gasteiger partial charge < -0.3 is 14.5 Å². The van der Waals surface area contributed by atoms with Gasteiger partial charge in [0.15, 0.2) is 0 Å².